The summed E-state index contributed by atoms with van der Waals surface area (Å²) in [6.07, 6.45) is -1.04. The number of aliphatic hydroxyl groups is 1. The van der Waals surface area contributed by atoms with Gasteiger partial charge in [-0.05, 0) is 35.4 Å². The number of ether oxygens (including phenoxy) is 2. The van der Waals surface area contributed by atoms with E-state index in [1.165, 1.54) is 45.5 Å². The molecule has 6 nitrogen and oxygen atoms in total. The Labute approximate surface area is 152 Å². The van der Waals surface area contributed by atoms with Crippen LogP contribution in [0.1, 0.15) is 17.2 Å². The van der Waals surface area contributed by atoms with Gasteiger partial charge in [-0.25, -0.2) is 17.1 Å². The summed E-state index contributed by atoms with van der Waals surface area (Å²) >= 11 is 0. The van der Waals surface area contributed by atoms with Gasteiger partial charge in [-0.3, -0.25) is 0 Å². The van der Waals surface area contributed by atoms with E-state index in [1.54, 1.807) is 18.2 Å². The molecule has 2 aromatic rings. The molecule has 0 heterocycles. The number of benzene rings is 2. The third-order valence-corrected chi connectivity index (χ3v) is 5.76. The zero-order chi connectivity index (χ0) is 19.3. The second-order valence-corrected chi connectivity index (χ2v) is 7.87. The van der Waals surface area contributed by atoms with Crippen LogP contribution in [0.3, 0.4) is 0 Å². The van der Waals surface area contributed by atoms with Gasteiger partial charge in [-0.1, -0.05) is 18.2 Å². The minimum Gasteiger partial charge on any atom is -0.493 e. The molecule has 0 saturated carbocycles. The summed E-state index contributed by atoms with van der Waals surface area (Å²) in [6.45, 7) is -0.126. The molecule has 1 unspecified atom stereocenters. The molecule has 0 fully saturated rings. The average Bonchev–Trinajstić information content (AvgIpc) is 2.62. The third kappa shape index (κ3) is 4.94. The lowest BCUT2D eigenvalue weighted by atomic mass is 10.1. The summed E-state index contributed by atoms with van der Waals surface area (Å²) in [6, 6.07) is 10.2. The quantitative estimate of drug-likeness (QED) is 0.757. The van der Waals surface area contributed by atoms with Crippen LogP contribution < -0.4 is 9.47 Å². The fourth-order valence-corrected chi connectivity index (χ4v) is 3.63. The van der Waals surface area contributed by atoms with Crippen LogP contribution in [0.2, 0.25) is 0 Å². The molecule has 1 atom stereocenters. The smallest absolute Gasteiger partial charge is 0.218 e. The van der Waals surface area contributed by atoms with E-state index < -0.39 is 21.9 Å². The summed E-state index contributed by atoms with van der Waals surface area (Å²) in [5.41, 5.74) is 0.977. The van der Waals surface area contributed by atoms with Crippen LogP contribution in [0.25, 0.3) is 0 Å². The van der Waals surface area contributed by atoms with Crippen LogP contribution in [0.4, 0.5) is 4.39 Å². The molecule has 26 heavy (non-hydrogen) atoms. The van der Waals surface area contributed by atoms with Gasteiger partial charge in [0.25, 0.3) is 0 Å². The molecule has 0 aliphatic carbocycles. The summed E-state index contributed by atoms with van der Waals surface area (Å²) in [4.78, 5) is 0. The Hall–Kier alpha value is -2.16. The number of nitrogens with zero attached hydrogens (tertiary/aromatic N) is 1. The van der Waals surface area contributed by atoms with E-state index in [9.17, 15) is 17.9 Å². The number of halogens is 1. The molecule has 2 rings (SSSR count). The molecule has 8 heteroatoms. The molecule has 1 N–H and O–H groups in total. The van der Waals surface area contributed by atoms with Crippen LogP contribution in [0.15, 0.2) is 42.5 Å². The summed E-state index contributed by atoms with van der Waals surface area (Å²) in [7, 11) is 0.712. The van der Waals surface area contributed by atoms with Gasteiger partial charge < -0.3 is 14.6 Å². The minimum atomic E-state index is -3.66. The number of sulfonamides is 1. The molecular formula is C18H22FNO5S. The van der Waals surface area contributed by atoms with E-state index in [-0.39, 0.29) is 12.3 Å². The predicted octanol–water partition coefficient (Wildman–Crippen LogP) is 2.34. The molecule has 0 saturated heterocycles. The Morgan fingerprint density at radius 1 is 1.08 bits per heavy atom. The van der Waals surface area contributed by atoms with Crippen molar-refractivity contribution in [3.8, 4) is 11.5 Å². The van der Waals surface area contributed by atoms with Gasteiger partial charge in [0, 0.05) is 13.6 Å². The first-order chi connectivity index (χ1) is 12.3. The van der Waals surface area contributed by atoms with Crippen molar-refractivity contribution >= 4 is 10.0 Å². The zero-order valence-electron chi connectivity index (χ0n) is 14.8. The first kappa shape index (κ1) is 20.2. The Morgan fingerprint density at radius 2 is 1.69 bits per heavy atom. The van der Waals surface area contributed by atoms with Gasteiger partial charge in [0.05, 0.1) is 26.1 Å². The number of hydrogen-bond acceptors (Lipinski definition) is 5. The lowest BCUT2D eigenvalue weighted by Crippen LogP contribution is -2.32. The molecule has 0 spiro atoms. The first-order valence-electron chi connectivity index (χ1n) is 7.85. The summed E-state index contributed by atoms with van der Waals surface area (Å²) < 4.78 is 49.3. The van der Waals surface area contributed by atoms with Crippen LogP contribution in [-0.4, -0.2) is 45.6 Å². The second kappa shape index (κ2) is 8.48. The van der Waals surface area contributed by atoms with Crippen molar-refractivity contribution in [1.29, 1.82) is 0 Å². The second-order valence-electron chi connectivity index (χ2n) is 5.79. The highest BCUT2D eigenvalue weighted by molar-refractivity contribution is 7.88. The van der Waals surface area contributed by atoms with Crippen molar-refractivity contribution in [2.24, 2.45) is 0 Å². The lowest BCUT2D eigenvalue weighted by molar-refractivity contribution is 0.154. The number of rotatable bonds is 8. The van der Waals surface area contributed by atoms with Gasteiger partial charge in [0.2, 0.25) is 10.0 Å². The minimum absolute atomic E-state index is 0.126. The van der Waals surface area contributed by atoms with Gasteiger partial charge in [0.1, 0.15) is 5.82 Å². The highest BCUT2D eigenvalue weighted by Gasteiger charge is 2.22. The van der Waals surface area contributed by atoms with E-state index in [0.717, 1.165) is 4.31 Å². The number of methoxy groups -OCH3 is 2. The molecule has 2 aromatic carbocycles. The molecule has 0 bridgehead atoms. The van der Waals surface area contributed by atoms with Gasteiger partial charge in [0.15, 0.2) is 11.5 Å². The van der Waals surface area contributed by atoms with Crippen molar-refractivity contribution < 1.29 is 27.4 Å². The molecule has 0 amide bonds. The first-order valence-corrected chi connectivity index (χ1v) is 9.46. The molecule has 142 valence electrons. The monoisotopic (exact) mass is 383 g/mol. The van der Waals surface area contributed by atoms with E-state index in [1.807, 2.05) is 0 Å². The van der Waals surface area contributed by atoms with E-state index in [2.05, 4.69) is 0 Å². The number of likely N-dealkylation sites (N-methyl/N-ethyl adjacent to an activating group) is 1. The Morgan fingerprint density at radius 3 is 2.27 bits per heavy atom. The molecule has 0 aliphatic rings. The van der Waals surface area contributed by atoms with Crippen molar-refractivity contribution in [2.75, 3.05) is 27.8 Å². The fourth-order valence-electron chi connectivity index (χ4n) is 2.42. The maximum absolute atomic E-state index is 12.9. The maximum atomic E-state index is 12.9. The standard InChI is InChI=1S/C18H22FNO5S/c1-20(26(22,23)12-13-4-7-15(19)8-5-13)11-16(21)14-6-9-17(24-2)18(10-14)25-3/h4-10,16,21H,11-12H2,1-3H3. The van der Waals surface area contributed by atoms with E-state index in [0.29, 0.717) is 22.6 Å². The lowest BCUT2D eigenvalue weighted by Gasteiger charge is -2.21. The Balaban J connectivity index is 2.09. The molecular weight excluding hydrogens is 361 g/mol. The molecule has 0 radical (unpaired) electrons. The largest absolute Gasteiger partial charge is 0.493 e. The molecule has 0 aliphatic heterocycles. The fraction of sp³-hybridized carbons (Fsp3) is 0.333. The van der Waals surface area contributed by atoms with Crippen LogP contribution in [-0.2, 0) is 15.8 Å². The Kier molecular flexibility index (Phi) is 6.57. The summed E-state index contributed by atoms with van der Waals surface area (Å²) in [5.74, 6) is 0.257. The van der Waals surface area contributed by atoms with Crippen LogP contribution in [0, 0.1) is 5.82 Å². The zero-order valence-corrected chi connectivity index (χ0v) is 15.7. The van der Waals surface area contributed by atoms with Crippen molar-refractivity contribution in [2.45, 2.75) is 11.9 Å². The van der Waals surface area contributed by atoms with Crippen LogP contribution in [0.5, 0.6) is 11.5 Å². The third-order valence-electron chi connectivity index (χ3n) is 3.96. The van der Waals surface area contributed by atoms with Crippen LogP contribution >= 0.6 is 0 Å². The Bertz CT molecular complexity index is 839. The topological polar surface area (TPSA) is 76.1 Å². The maximum Gasteiger partial charge on any atom is 0.218 e. The summed E-state index contributed by atoms with van der Waals surface area (Å²) in [5, 5.41) is 10.4. The predicted molar refractivity (Wildman–Crippen MR) is 96.2 cm³/mol. The number of hydrogen-bond donors (Lipinski definition) is 1. The highest BCUT2D eigenvalue weighted by atomic mass is 32.2. The number of aliphatic hydroxyl groups excluding tert-OH is 1. The van der Waals surface area contributed by atoms with Crippen molar-refractivity contribution in [1.82, 2.24) is 4.31 Å². The van der Waals surface area contributed by atoms with Gasteiger partial charge in [-0.15, -0.1) is 0 Å². The molecule has 0 aromatic heterocycles. The average molecular weight is 383 g/mol. The van der Waals surface area contributed by atoms with Crippen molar-refractivity contribution in [3.63, 3.8) is 0 Å². The van der Waals surface area contributed by atoms with Gasteiger partial charge in [-0.2, -0.15) is 0 Å². The van der Waals surface area contributed by atoms with Gasteiger partial charge >= 0.3 is 0 Å². The highest BCUT2D eigenvalue weighted by Crippen LogP contribution is 2.30. The van der Waals surface area contributed by atoms with Crippen molar-refractivity contribution in [3.05, 3.63) is 59.4 Å². The normalized spacial score (nSPS) is 12.8. The van der Waals surface area contributed by atoms with E-state index in [4.69, 9.17) is 9.47 Å². The SMILES string of the molecule is COc1ccc(C(O)CN(C)S(=O)(=O)Cc2ccc(F)cc2)cc1OC. The van der Waals surface area contributed by atoms with E-state index >= 15 is 0 Å².